The van der Waals surface area contributed by atoms with Crippen LogP contribution < -0.4 is 0 Å². The van der Waals surface area contributed by atoms with Gasteiger partial charge in [0.05, 0.1) is 62.3 Å². The second-order valence-corrected chi connectivity index (χ2v) is 15.6. The number of amides is 1. The number of azide groups is 4. The molecule has 0 unspecified atom stereocenters. The van der Waals surface area contributed by atoms with Gasteiger partial charge in [0.2, 0.25) is 0 Å². The first-order valence-electron chi connectivity index (χ1n) is 20.6. The standard InChI is InChI=1S/C38H49N13O14/c39-47-43-14-25-29(55)30(56)27(46-50-42)36(61-25)64-33-26(17-52)62-37(31(33)57)65-34-28(54)22(44-48-40)13-23(45-49-41)32(34)63-35-24(53)12-11-21(60-35)16-51(15-19-7-3-1-4-8-19)38(58)59-18-20-9-5-2-6-10-20/h1-10,21-37,52-57H,11-18H2/t21-,22+,23-,24+,25-,26+,27+,28-,29+,30+,31+,32+,33+,34+,35+,36+,37-/m0/s1. The molecule has 6 rings (SSSR count). The van der Waals surface area contributed by atoms with Crippen LogP contribution >= 0.6 is 0 Å². The van der Waals surface area contributed by atoms with Crippen molar-refractivity contribution in [1.29, 1.82) is 0 Å². The highest BCUT2D eigenvalue weighted by molar-refractivity contribution is 5.67. The highest BCUT2D eigenvalue weighted by atomic mass is 16.8. The van der Waals surface area contributed by atoms with E-state index >= 15 is 0 Å². The molecule has 350 valence electrons. The molecular formula is C38H49N13O14. The van der Waals surface area contributed by atoms with Crippen molar-refractivity contribution in [1.82, 2.24) is 4.90 Å². The molecule has 1 aliphatic carbocycles. The number of aliphatic hydroxyl groups excluding tert-OH is 6. The Morgan fingerprint density at radius 3 is 1.97 bits per heavy atom. The topological polar surface area (TPSA) is 401 Å². The molecule has 0 aromatic heterocycles. The first-order chi connectivity index (χ1) is 31.5. The van der Waals surface area contributed by atoms with Crippen molar-refractivity contribution in [2.24, 2.45) is 20.5 Å². The Bertz CT molecular complexity index is 2060. The van der Waals surface area contributed by atoms with Crippen LogP contribution in [0.25, 0.3) is 41.8 Å². The largest absolute Gasteiger partial charge is 0.445 e. The molecule has 2 aromatic carbocycles. The van der Waals surface area contributed by atoms with Gasteiger partial charge >= 0.3 is 6.09 Å². The molecule has 3 heterocycles. The molecule has 27 heteroatoms. The van der Waals surface area contributed by atoms with E-state index in [2.05, 4.69) is 40.1 Å². The fourth-order valence-electron chi connectivity index (χ4n) is 8.08. The average molecular weight is 912 g/mol. The number of rotatable bonds is 18. The monoisotopic (exact) mass is 911 g/mol. The van der Waals surface area contributed by atoms with Crippen molar-refractivity contribution in [2.75, 3.05) is 19.7 Å². The van der Waals surface area contributed by atoms with Crippen molar-refractivity contribution in [2.45, 2.75) is 137 Å². The molecule has 3 saturated heterocycles. The summed E-state index contributed by atoms with van der Waals surface area (Å²) in [5.74, 6) is 0. The summed E-state index contributed by atoms with van der Waals surface area (Å²) in [4.78, 5) is 26.0. The van der Waals surface area contributed by atoms with E-state index in [1.165, 1.54) is 4.90 Å². The smallest absolute Gasteiger partial charge is 0.410 e. The minimum Gasteiger partial charge on any atom is -0.445 e. The lowest BCUT2D eigenvalue weighted by molar-refractivity contribution is -0.303. The zero-order chi connectivity index (χ0) is 46.5. The van der Waals surface area contributed by atoms with Gasteiger partial charge in [-0.15, -0.1) is 0 Å². The van der Waals surface area contributed by atoms with Crippen molar-refractivity contribution in [3.8, 4) is 0 Å². The van der Waals surface area contributed by atoms with Gasteiger partial charge in [-0.1, -0.05) is 81.1 Å². The second kappa shape index (κ2) is 23.6. The van der Waals surface area contributed by atoms with Gasteiger partial charge in [-0.3, -0.25) is 0 Å². The first-order valence-corrected chi connectivity index (χ1v) is 20.6. The summed E-state index contributed by atoms with van der Waals surface area (Å²) in [6.07, 6.45) is -22.2. The summed E-state index contributed by atoms with van der Waals surface area (Å²) < 4.78 is 41.7. The fourth-order valence-corrected chi connectivity index (χ4v) is 8.08. The highest BCUT2D eigenvalue weighted by Crippen LogP contribution is 2.37. The van der Waals surface area contributed by atoms with Crippen LogP contribution in [-0.2, 0) is 46.3 Å². The second-order valence-electron chi connectivity index (χ2n) is 15.6. The molecule has 4 aliphatic rings. The third-order valence-electron chi connectivity index (χ3n) is 11.4. The van der Waals surface area contributed by atoms with Crippen LogP contribution in [0.15, 0.2) is 81.1 Å². The van der Waals surface area contributed by atoms with Gasteiger partial charge in [-0.2, -0.15) is 0 Å². The van der Waals surface area contributed by atoms with E-state index in [4.69, 9.17) is 38.7 Å². The highest BCUT2D eigenvalue weighted by Gasteiger charge is 2.54. The van der Waals surface area contributed by atoms with Gasteiger partial charge in [-0.25, -0.2) is 4.79 Å². The van der Waals surface area contributed by atoms with E-state index in [9.17, 15) is 52.0 Å². The molecule has 1 amide bonds. The normalized spacial score (nSPS) is 35.6. The molecular weight excluding hydrogens is 862 g/mol. The van der Waals surface area contributed by atoms with Gasteiger partial charge in [-0.05, 0) is 52.5 Å². The van der Waals surface area contributed by atoms with E-state index in [-0.39, 0.29) is 39.0 Å². The molecule has 6 N–H and O–H groups in total. The molecule has 1 saturated carbocycles. The molecule has 0 bridgehead atoms. The molecule has 17 atom stereocenters. The Hall–Kier alpha value is -5.53. The van der Waals surface area contributed by atoms with Crippen molar-refractivity contribution in [3.05, 3.63) is 114 Å². The van der Waals surface area contributed by atoms with E-state index < -0.39 is 123 Å². The van der Waals surface area contributed by atoms with Gasteiger partial charge < -0.3 is 68.7 Å². The fraction of sp³-hybridized carbons (Fsp3) is 0.658. The predicted molar refractivity (Wildman–Crippen MR) is 218 cm³/mol. The summed E-state index contributed by atoms with van der Waals surface area (Å²) in [5, 5.41) is 80.3. The lowest BCUT2D eigenvalue weighted by Crippen LogP contribution is -2.61. The van der Waals surface area contributed by atoms with Crippen molar-refractivity contribution < 1.29 is 68.6 Å². The first kappa shape index (κ1) is 48.9. The number of ether oxygens (including phenoxy) is 7. The summed E-state index contributed by atoms with van der Waals surface area (Å²) in [7, 11) is 0. The molecule has 4 fully saturated rings. The van der Waals surface area contributed by atoms with Crippen molar-refractivity contribution in [3.63, 3.8) is 0 Å². The van der Waals surface area contributed by atoms with E-state index in [0.717, 1.165) is 11.1 Å². The Morgan fingerprint density at radius 1 is 0.677 bits per heavy atom. The number of hydrogen-bond acceptors (Lipinski definition) is 18. The van der Waals surface area contributed by atoms with Gasteiger partial charge in [0.25, 0.3) is 0 Å². The Balaban J connectivity index is 1.21. The molecule has 0 spiro atoms. The van der Waals surface area contributed by atoms with Crippen LogP contribution in [0.1, 0.15) is 30.4 Å². The predicted octanol–water partition coefficient (Wildman–Crippen LogP) is 2.48. The van der Waals surface area contributed by atoms with Crippen LogP contribution in [0.3, 0.4) is 0 Å². The van der Waals surface area contributed by atoms with Crippen molar-refractivity contribution >= 4 is 6.09 Å². The summed E-state index contributed by atoms with van der Waals surface area (Å²) >= 11 is 0. The molecule has 27 nitrogen and oxygen atoms in total. The quantitative estimate of drug-likeness (QED) is 0.0711. The van der Waals surface area contributed by atoms with Gasteiger partial charge in [0.15, 0.2) is 18.9 Å². The number of carbonyl (C=O) groups excluding carboxylic acids is 1. The van der Waals surface area contributed by atoms with E-state index in [1.54, 1.807) is 0 Å². The number of hydrogen-bond donors (Lipinski definition) is 6. The Labute approximate surface area is 369 Å². The van der Waals surface area contributed by atoms with E-state index in [0.29, 0.717) is 0 Å². The zero-order valence-corrected chi connectivity index (χ0v) is 34.5. The summed E-state index contributed by atoms with van der Waals surface area (Å²) in [6.45, 7) is -1.17. The minimum absolute atomic E-state index is 0.00647. The van der Waals surface area contributed by atoms with Gasteiger partial charge in [0, 0.05) is 26.2 Å². The third-order valence-corrected chi connectivity index (χ3v) is 11.4. The maximum Gasteiger partial charge on any atom is 0.410 e. The maximum absolute atomic E-state index is 13.6. The molecule has 2 aromatic rings. The van der Waals surface area contributed by atoms with Gasteiger partial charge in [0.1, 0.15) is 49.3 Å². The number of aliphatic hydroxyl groups is 6. The molecule has 65 heavy (non-hydrogen) atoms. The van der Waals surface area contributed by atoms with Crippen LogP contribution in [-0.4, -0.2) is 165 Å². The van der Waals surface area contributed by atoms with Crippen LogP contribution in [0.5, 0.6) is 0 Å². The SMILES string of the molecule is [N-]=[N+]=NC[C@@H]1O[C@H](O[C@H]2[C@@H](O)[C@H](O[C@@H]3[C@@H](O)[C@H](N=[N+]=[N-])C[C@H](N=[N+]=[N-])[C@H]3O[C@H]3O[C@H](CN(Cc4ccccc4)C(=O)OCc4ccccc4)CC[C@H]3O)O[C@@H]2CO)[C@H](N=[N+]=[N-])[C@@H](O)[C@@H]1O. The zero-order valence-electron chi connectivity index (χ0n) is 34.5. The van der Waals surface area contributed by atoms with Crippen LogP contribution in [0, 0.1) is 0 Å². The number of nitrogens with zero attached hydrogens (tertiary/aromatic N) is 13. The maximum atomic E-state index is 13.6. The summed E-state index contributed by atoms with van der Waals surface area (Å²) in [6, 6.07) is 14.1. The number of carbonyl (C=O) groups is 1. The molecule has 0 radical (unpaired) electrons. The Kier molecular flexibility index (Phi) is 17.8. The van der Waals surface area contributed by atoms with Crippen LogP contribution in [0.4, 0.5) is 4.79 Å². The lowest BCUT2D eigenvalue weighted by Gasteiger charge is -2.45. The Morgan fingerprint density at radius 2 is 1.31 bits per heavy atom. The number of benzene rings is 2. The summed E-state index contributed by atoms with van der Waals surface area (Å²) in [5.41, 5.74) is 38.5. The lowest BCUT2D eigenvalue weighted by atomic mass is 9.84. The molecule has 3 aliphatic heterocycles. The van der Waals surface area contributed by atoms with E-state index in [1.807, 2.05) is 60.7 Å². The van der Waals surface area contributed by atoms with Crippen LogP contribution in [0.2, 0.25) is 0 Å². The third kappa shape index (κ3) is 12.2. The average Bonchev–Trinajstić information content (AvgIpc) is 3.61. The minimum atomic E-state index is -1.87.